The van der Waals surface area contributed by atoms with E-state index in [-0.39, 0.29) is 16.5 Å². The molecule has 0 radical (unpaired) electrons. The monoisotopic (exact) mass is 312 g/mol. The molecule has 2 rings (SSSR count). The summed E-state index contributed by atoms with van der Waals surface area (Å²) in [6.45, 7) is 1.78. The lowest BCUT2D eigenvalue weighted by Crippen LogP contribution is -2.15. The molecule has 5 nitrogen and oxygen atoms in total. The number of hydrogen-bond donors (Lipinski definition) is 1. The number of hydrogen-bond acceptors (Lipinski definition) is 4. The predicted octanol–water partition coefficient (Wildman–Crippen LogP) is 2.85. The van der Waals surface area contributed by atoms with Crippen LogP contribution < -0.4 is 9.46 Å². The maximum atomic E-state index is 12.4. The van der Waals surface area contributed by atoms with E-state index in [2.05, 4.69) is 9.71 Å². The molecule has 0 unspecified atom stereocenters. The Kier molecular flexibility index (Phi) is 4.15. The minimum absolute atomic E-state index is 0.0317. The molecule has 0 aliphatic rings. The smallest absolute Gasteiger partial charge is 0.266 e. The van der Waals surface area contributed by atoms with Crippen LogP contribution in [0, 0.1) is 6.92 Å². The molecule has 1 aromatic carbocycles. The quantitative estimate of drug-likeness (QED) is 0.942. The van der Waals surface area contributed by atoms with Crippen molar-refractivity contribution in [3.63, 3.8) is 0 Å². The Morgan fingerprint density at radius 3 is 2.65 bits per heavy atom. The zero-order valence-electron chi connectivity index (χ0n) is 10.9. The van der Waals surface area contributed by atoms with Crippen LogP contribution >= 0.6 is 11.6 Å². The molecular formula is C13H13ClN2O3S. The molecule has 0 saturated carbocycles. The maximum absolute atomic E-state index is 12.4. The zero-order valence-corrected chi connectivity index (χ0v) is 12.5. The summed E-state index contributed by atoms with van der Waals surface area (Å²) in [5, 5.41) is 0.309. The molecule has 0 spiro atoms. The molecule has 0 fully saturated rings. The Labute approximate surface area is 122 Å². The van der Waals surface area contributed by atoms with E-state index in [1.54, 1.807) is 31.2 Å². The lowest BCUT2D eigenvalue weighted by atomic mass is 10.3. The number of benzene rings is 1. The molecule has 0 bridgehead atoms. The van der Waals surface area contributed by atoms with Crippen LogP contribution in [0.1, 0.15) is 5.69 Å². The number of aryl methyl sites for hydroxylation is 1. The fourth-order valence-corrected chi connectivity index (χ4v) is 3.09. The van der Waals surface area contributed by atoms with E-state index in [0.29, 0.717) is 10.7 Å². The van der Waals surface area contributed by atoms with Gasteiger partial charge in [0.2, 0.25) is 0 Å². The Bertz CT molecular complexity index is 732. The molecule has 0 aliphatic heterocycles. The van der Waals surface area contributed by atoms with Gasteiger partial charge in [-0.3, -0.25) is 4.72 Å². The summed E-state index contributed by atoms with van der Waals surface area (Å²) >= 11 is 5.84. The predicted molar refractivity (Wildman–Crippen MR) is 77.8 cm³/mol. The second kappa shape index (κ2) is 5.68. The molecule has 1 aromatic heterocycles. The van der Waals surface area contributed by atoms with Gasteiger partial charge < -0.3 is 4.74 Å². The van der Waals surface area contributed by atoms with Crippen LogP contribution in [-0.4, -0.2) is 20.5 Å². The van der Waals surface area contributed by atoms with Crippen molar-refractivity contribution in [3.05, 3.63) is 47.1 Å². The zero-order chi connectivity index (χ0) is 14.8. The highest BCUT2D eigenvalue weighted by molar-refractivity contribution is 7.92. The van der Waals surface area contributed by atoms with Crippen molar-refractivity contribution in [2.75, 3.05) is 11.8 Å². The molecule has 2 aromatic rings. The first-order chi connectivity index (χ1) is 9.42. The van der Waals surface area contributed by atoms with E-state index >= 15 is 0 Å². The average molecular weight is 313 g/mol. The first-order valence-electron chi connectivity index (χ1n) is 5.72. The SMILES string of the molecule is COc1ccc(Cl)cc1S(=O)(=O)Nc1cccc(C)n1. The Morgan fingerprint density at radius 2 is 2.00 bits per heavy atom. The first-order valence-corrected chi connectivity index (χ1v) is 7.58. The Morgan fingerprint density at radius 1 is 1.25 bits per heavy atom. The van der Waals surface area contributed by atoms with Gasteiger partial charge in [0.15, 0.2) is 0 Å². The van der Waals surface area contributed by atoms with Crippen molar-refractivity contribution in [1.82, 2.24) is 4.98 Å². The minimum Gasteiger partial charge on any atom is -0.495 e. The molecule has 0 atom stereocenters. The van der Waals surface area contributed by atoms with Crippen LogP contribution in [0.5, 0.6) is 5.75 Å². The van der Waals surface area contributed by atoms with Crippen LogP contribution in [0.3, 0.4) is 0 Å². The summed E-state index contributed by atoms with van der Waals surface area (Å²) in [4.78, 5) is 4.07. The number of anilines is 1. The summed E-state index contributed by atoms with van der Waals surface area (Å²) < 4.78 is 32.2. The van der Waals surface area contributed by atoms with Crippen LogP contribution in [0.2, 0.25) is 5.02 Å². The Balaban J connectivity index is 2.43. The molecule has 0 saturated heterocycles. The average Bonchev–Trinajstić information content (AvgIpc) is 2.38. The van der Waals surface area contributed by atoms with Crippen molar-refractivity contribution >= 4 is 27.4 Å². The van der Waals surface area contributed by atoms with Gasteiger partial charge in [0.25, 0.3) is 10.0 Å². The van der Waals surface area contributed by atoms with Crippen molar-refractivity contribution in [1.29, 1.82) is 0 Å². The van der Waals surface area contributed by atoms with Crippen LogP contribution in [-0.2, 0) is 10.0 Å². The first kappa shape index (κ1) is 14.6. The van der Waals surface area contributed by atoms with Crippen LogP contribution in [0.4, 0.5) is 5.82 Å². The number of sulfonamides is 1. The lowest BCUT2D eigenvalue weighted by Gasteiger charge is -2.11. The standard InChI is InChI=1S/C13H13ClN2O3S/c1-9-4-3-5-13(15-9)16-20(17,18)12-8-10(14)6-7-11(12)19-2/h3-8H,1-2H3,(H,15,16). The molecular weight excluding hydrogens is 300 g/mol. The molecule has 0 amide bonds. The van der Waals surface area contributed by atoms with Gasteiger partial charge in [0.1, 0.15) is 16.5 Å². The normalized spacial score (nSPS) is 11.2. The number of nitrogens with one attached hydrogen (secondary N) is 1. The summed E-state index contributed by atoms with van der Waals surface area (Å²) in [6, 6.07) is 9.46. The van der Waals surface area contributed by atoms with E-state index in [1.807, 2.05) is 0 Å². The number of nitrogens with zero attached hydrogens (tertiary/aromatic N) is 1. The largest absolute Gasteiger partial charge is 0.495 e. The van der Waals surface area contributed by atoms with E-state index in [0.717, 1.165) is 0 Å². The van der Waals surface area contributed by atoms with Gasteiger partial charge in [-0.15, -0.1) is 0 Å². The van der Waals surface area contributed by atoms with Crippen molar-refractivity contribution < 1.29 is 13.2 Å². The number of pyridine rings is 1. The summed E-state index contributed by atoms with van der Waals surface area (Å²) in [5.74, 6) is 0.460. The second-order valence-electron chi connectivity index (χ2n) is 4.06. The van der Waals surface area contributed by atoms with Crippen molar-refractivity contribution in [2.45, 2.75) is 11.8 Å². The highest BCUT2D eigenvalue weighted by Crippen LogP contribution is 2.28. The summed E-state index contributed by atoms with van der Waals surface area (Å²) in [6.07, 6.45) is 0. The van der Waals surface area contributed by atoms with Crippen LogP contribution in [0.15, 0.2) is 41.3 Å². The van der Waals surface area contributed by atoms with E-state index in [4.69, 9.17) is 16.3 Å². The molecule has 7 heteroatoms. The third-order valence-corrected chi connectivity index (χ3v) is 4.15. The fourth-order valence-electron chi connectivity index (χ4n) is 1.65. The molecule has 20 heavy (non-hydrogen) atoms. The van der Waals surface area contributed by atoms with Crippen molar-refractivity contribution in [3.8, 4) is 5.75 Å². The number of rotatable bonds is 4. The third kappa shape index (κ3) is 3.20. The Hall–Kier alpha value is -1.79. The van der Waals surface area contributed by atoms with E-state index < -0.39 is 10.0 Å². The van der Waals surface area contributed by atoms with Gasteiger partial charge in [0, 0.05) is 10.7 Å². The number of ether oxygens (including phenoxy) is 1. The summed E-state index contributed by atoms with van der Waals surface area (Å²) in [5.41, 5.74) is 0.711. The number of methoxy groups -OCH3 is 1. The minimum atomic E-state index is -3.82. The van der Waals surface area contributed by atoms with E-state index in [1.165, 1.54) is 19.2 Å². The van der Waals surface area contributed by atoms with Gasteiger partial charge in [-0.25, -0.2) is 13.4 Å². The van der Waals surface area contributed by atoms with Gasteiger partial charge in [0.05, 0.1) is 7.11 Å². The van der Waals surface area contributed by atoms with Gasteiger partial charge in [-0.2, -0.15) is 0 Å². The van der Waals surface area contributed by atoms with Crippen LogP contribution in [0.25, 0.3) is 0 Å². The number of halogens is 1. The van der Waals surface area contributed by atoms with Crippen molar-refractivity contribution in [2.24, 2.45) is 0 Å². The second-order valence-corrected chi connectivity index (χ2v) is 6.15. The molecule has 1 heterocycles. The topological polar surface area (TPSA) is 68.3 Å². The lowest BCUT2D eigenvalue weighted by molar-refractivity contribution is 0.403. The van der Waals surface area contributed by atoms with Gasteiger partial charge >= 0.3 is 0 Å². The van der Waals surface area contributed by atoms with Gasteiger partial charge in [-0.1, -0.05) is 17.7 Å². The molecule has 106 valence electrons. The maximum Gasteiger partial charge on any atom is 0.266 e. The van der Waals surface area contributed by atoms with E-state index in [9.17, 15) is 8.42 Å². The highest BCUT2D eigenvalue weighted by atomic mass is 35.5. The fraction of sp³-hybridized carbons (Fsp3) is 0.154. The van der Waals surface area contributed by atoms with Gasteiger partial charge in [-0.05, 0) is 37.3 Å². The molecule has 0 aliphatic carbocycles. The third-order valence-electron chi connectivity index (χ3n) is 2.54. The summed E-state index contributed by atoms with van der Waals surface area (Å²) in [7, 11) is -2.42. The number of aromatic nitrogens is 1. The molecule has 1 N–H and O–H groups in total. The highest BCUT2D eigenvalue weighted by Gasteiger charge is 2.20.